The highest BCUT2D eigenvalue weighted by Gasteiger charge is 2.34. The van der Waals surface area contributed by atoms with E-state index in [0.29, 0.717) is 29.7 Å². The molecule has 0 saturated heterocycles. The van der Waals surface area contributed by atoms with Crippen LogP contribution in [-0.4, -0.2) is 42.9 Å². The van der Waals surface area contributed by atoms with E-state index in [1.807, 2.05) is 0 Å². The van der Waals surface area contributed by atoms with Crippen LogP contribution in [0, 0.1) is 0 Å². The summed E-state index contributed by atoms with van der Waals surface area (Å²) in [5.74, 6) is -0.893. The van der Waals surface area contributed by atoms with Gasteiger partial charge >= 0.3 is 5.97 Å². The van der Waals surface area contributed by atoms with E-state index in [4.69, 9.17) is 26.8 Å². The van der Waals surface area contributed by atoms with Crippen molar-refractivity contribution in [1.82, 2.24) is 4.90 Å². The van der Waals surface area contributed by atoms with Crippen LogP contribution in [0.5, 0.6) is 5.75 Å². The second-order valence-corrected chi connectivity index (χ2v) is 6.63. The van der Waals surface area contributed by atoms with Gasteiger partial charge < -0.3 is 15.2 Å². The fourth-order valence-electron chi connectivity index (χ4n) is 2.95. The molecule has 3 rings (SSSR count). The summed E-state index contributed by atoms with van der Waals surface area (Å²) in [6.07, 6.45) is 1.00. The highest BCUT2D eigenvalue weighted by atomic mass is 35.5. The minimum atomic E-state index is -0.584. The summed E-state index contributed by atoms with van der Waals surface area (Å²) in [5.41, 5.74) is 7.02. The number of hydrogen-bond donors (Lipinski definition) is 1. The van der Waals surface area contributed by atoms with Crippen LogP contribution >= 0.6 is 11.6 Å². The van der Waals surface area contributed by atoms with Gasteiger partial charge in [-0.3, -0.25) is 14.5 Å². The molecule has 0 bridgehead atoms. The van der Waals surface area contributed by atoms with Crippen LogP contribution in [0.4, 0.5) is 5.69 Å². The van der Waals surface area contributed by atoms with Gasteiger partial charge in [-0.25, -0.2) is 4.79 Å². The zero-order chi connectivity index (χ0) is 20.3. The van der Waals surface area contributed by atoms with Crippen molar-refractivity contribution in [3.05, 3.63) is 58.1 Å². The second kappa shape index (κ2) is 8.31. The number of carbonyl (C=O) groups excluding carboxylic acids is 3. The molecule has 0 fully saturated rings. The van der Waals surface area contributed by atoms with Crippen LogP contribution in [0.3, 0.4) is 0 Å². The van der Waals surface area contributed by atoms with E-state index in [1.165, 1.54) is 24.1 Å². The maximum Gasteiger partial charge on any atom is 0.341 e. The van der Waals surface area contributed by atoms with Crippen LogP contribution in [0.1, 0.15) is 43.9 Å². The smallest absolute Gasteiger partial charge is 0.341 e. The average Bonchev–Trinajstić information content (AvgIpc) is 2.94. The maximum atomic E-state index is 12.3. The van der Waals surface area contributed by atoms with Crippen molar-refractivity contribution in [3.8, 4) is 5.75 Å². The highest BCUT2D eigenvalue weighted by Crippen LogP contribution is 2.29. The van der Waals surface area contributed by atoms with E-state index >= 15 is 0 Å². The Labute approximate surface area is 167 Å². The summed E-state index contributed by atoms with van der Waals surface area (Å²) in [5, 5.41) is 0.235. The lowest BCUT2D eigenvalue weighted by atomic mass is 10.1. The molecule has 0 atom stereocenters. The van der Waals surface area contributed by atoms with Crippen LogP contribution in [-0.2, 0) is 4.74 Å². The Bertz CT molecular complexity index is 909. The molecular formula is C20H19ClN2O5. The summed E-state index contributed by atoms with van der Waals surface area (Å²) in [6, 6.07) is 9.60. The SMILES string of the molecule is COc1cc(N)c(Cl)cc1C(=O)OCCCCN1C(=O)c2ccccc2C1=O. The van der Waals surface area contributed by atoms with Crippen molar-refractivity contribution >= 4 is 35.1 Å². The largest absolute Gasteiger partial charge is 0.496 e. The lowest BCUT2D eigenvalue weighted by Crippen LogP contribution is -2.30. The molecule has 0 aromatic heterocycles. The number of imide groups is 1. The van der Waals surface area contributed by atoms with Crippen molar-refractivity contribution in [3.63, 3.8) is 0 Å². The predicted molar refractivity (Wildman–Crippen MR) is 104 cm³/mol. The summed E-state index contributed by atoms with van der Waals surface area (Å²) in [4.78, 5) is 38.0. The number of halogens is 1. The molecule has 0 saturated carbocycles. The first-order valence-electron chi connectivity index (χ1n) is 8.69. The first-order chi connectivity index (χ1) is 13.4. The number of nitrogens with two attached hydrogens (primary N) is 1. The van der Waals surface area contributed by atoms with E-state index < -0.39 is 5.97 Å². The lowest BCUT2D eigenvalue weighted by molar-refractivity contribution is 0.0482. The molecule has 0 aliphatic carbocycles. The minimum Gasteiger partial charge on any atom is -0.496 e. The molecule has 7 nitrogen and oxygen atoms in total. The van der Waals surface area contributed by atoms with Crippen LogP contribution in [0.25, 0.3) is 0 Å². The molecule has 28 heavy (non-hydrogen) atoms. The van der Waals surface area contributed by atoms with Crippen molar-refractivity contribution in [1.29, 1.82) is 0 Å². The third-order valence-corrected chi connectivity index (χ3v) is 4.75. The van der Waals surface area contributed by atoms with E-state index in [0.717, 1.165) is 0 Å². The van der Waals surface area contributed by atoms with Gasteiger partial charge in [-0.05, 0) is 31.0 Å². The van der Waals surface area contributed by atoms with Crippen molar-refractivity contribution in [2.24, 2.45) is 0 Å². The Morgan fingerprint density at radius 1 is 1.11 bits per heavy atom. The topological polar surface area (TPSA) is 98.9 Å². The third-order valence-electron chi connectivity index (χ3n) is 4.43. The van der Waals surface area contributed by atoms with Gasteiger partial charge in [-0.1, -0.05) is 23.7 Å². The monoisotopic (exact) mass is 402 g/mol. The number of nitrogens with zero attached hydrogens (tertiary/aromatic N) is 1. The summed E-state index contributed by atoms with van der Waals surface area (Å²) in [6.45, 7) is 0.397. The molecule has 2 aromatic carbocycles. The van der Waals surface area contributed by atoms with E-state index in [2.05, 4.69) is 0 Å². The number of fused-ring (bicyclic) bond motifs is 1. The first kappa shape index (κ1) is 19.7. The molecular weight excluding hydrogens is 384 g/mol. The number of amides is 2. The van der Waals surface area contributed by atoms with E-state index in [9.17, 15) is 14.4 Å². The lowest BCUT2D eigenvalue weighted by Gasteiger charge is -2.14. The number of unbranched alkanes of at least 4 members (excludes halogenated alkanes) is 1. The number of benzene rings is 2. The predicted octanol–water partition coefficient (Wildman–Crippen LogP) is 3.16. The number of ether oxygens (including phenoxy) is 2. The van der Waals surface area contributed by atoms with E-state index in [1.54, 1.807) is 24.3 Å². The van der Waals surface area contributed by atoms with Gasteiger partial charge in [0.2, 0.25) is 0 Å². The molecule has 2 N–H and O–H groups in total. The molecule has 0 unspecified atom stereocenters. The number of anilines is 1. The minimum absolute atomic E-state index is 0.132. The molecule has 146 valence electrons. The Hall–Kier alpha value is -3.06. The fourth-order valence-corrected chi connectivity index (χ4v) is 3.12. The van der Waals surface area contributed by atoms with Gasteiger partial charge in [0.05, 0.1) is 35.6 Å². The number of esters is 1. The molecule has 0 spiro atoms. The van der Waals surface area contributed by atoms with Crippen molar-refractivity contribution in [2.75, 3.05) is 26.0 Å². The van der Waals surface area contributed by atoms with Crippen LogP contribution in [0.15, 0.2) is 36.4 Å². The Morgan fingerprint density at radius 2 is 1.75 bits per heavy atom. The standard InChI is InChI=1S/C20H19ClN2O5/c1-27-17-11-16(22)15(21)10-14(17)20(26)28-9-5-4-8-23-18(24)12-6-2-3-7-13(12)19(23)25/h2-3,6-7,10-11H,4-5,8-9,22H2,1H3. The number of nitrogen functional groups attached to an aromatic ring is 1. The molecule has 8 heteroatoms. The zero-order valence-corrected chi connectivity index (χ0v) is 16.0. The van der Waals surface area contributed by atoms with E-state index in [-0.39, 0.29) is 41.3 Å². The Morgan fingerprint density at radius 3 is 2.36 bits per heavy atom. The normalized spacial score (nSPS) is 12.9. The number of methoxy groups -OCH3 is 1. The fraction of sp³-hybridized carbons (Fsp3) is 0.250. The summed E-state index contributed by atoms with van der Waals surface area (Å²) >= 11 is 5.95. The van der Waals surface area contributed by atoms with Gasteiger partial charge in [0.15, 0.2) is 0 Å². The van der Waals surface area contributed by atoms with Gasteiger partial charge in [0, 0.05) is 12.6 Å². The summed E-state index contributed by atoms with van der Waals surface area (Å²) < 4.78 is 10.4. The molecule has 1 aliphatic rings. The Kier molecular flexibility index (Phi) is 5.84. The zero-order valence-electron chi connectivity index (χ0n) is 15.2. The number of carbonyl (C=O) groups is 3. The summed E-state index contributed by atoms with van der Waals surface area (Å²) in [7, 11) is 1.42. The van der Waals surface area contributed by atoms with Crippen LogP contribution < -0.4 is 10.5 Å². The number of hydrogen-bond acceptors (Lipinski definition) is 6. The van der Waals surface area contributed by atoms with Crippen LogP contribution in [0.2, 0.25) is 5.02 Å². The van der Waals surface area contributed by atoms with Crippen molar-refractivity contribution < 1.29 is 23.9 Å². The average molecular weight is 403 g/mol. The molecule has 2 amide bonds. The molecule has 1 aliphatic heterocycles. The third kappa shape index (κ3) is 3.80. The van der Waals surface area contributed by atoms with Gasteiger partial charge in [0.1, 0.15) is 11.3 Å². The van der Waals surface area contributed by atoms with Gasteiger partial charge in [-0.15, -0.1) is 0 Å². The Balaban J connectivity index is 1.50. The quantitative estimate of drug-likeness (QED) is 0.330. The number of rotatable bonds is 7. The van der Waals surface area contributed by atoms with Gasteiger partial charge in [0.25, 0.3) is 11.8 Å². The first-order valence-corrected chi connectivity index (χ1v) is 9.07. The van der Waals surface area contributed by atoms with Gasteiger partial charge in [-0.2, -0.15) is 0 Å². The maximum absolute atomic E-state index is 12.3. The highest BCUT2D eigenvalue weighted by molar-refractivity contribution is 6.33. The molecule has 1 heterocycles. The molecule has 2 aromatic rings. The van der Waals surface area contributed by atoms with Crippen molar-refractivity contribution in [2.45, 2.75) is 12.8 Å². The molecule has 0 radical (unpaired) electrons. The second-order valence-electron chi connectivity index (χ2n) is 6.22.